The van der Waals surface area contributed by atoms with E-state index < -0.39 is 0 Å². The minimum atomic E-state index is -0.374. The van der Waals surface area contributed by atoms with Gasteiger partial charge in [-0.05, 0) is 6.42 Å². The Bertz CT molecular complexity index is 239. The highest BCUT2D eigenvalue weighted by Crippen LogP contribution is 2.27. The Labute approximate surface area is 76.5 Å². The molecule has 4 heteroatoms. The van der Waals surface area contributed by atoms with Gasteiger partial charge in [0.25, 0.3) is 0 Å². The molecule has 72 valence electrons. The van der Waals surface area contributed by atoms with Crippen LogP contribution in [0.2, 0.25) is 0 Å². The maximum absolute atomic E-state index is 10.6. The summed E-state index contributed by atoms with van der Waals surface area (Å²) in [7, 11) is 0. The van der Waals surface area contributed by atoms with Crippen molar-refractivity contribution in [1.29, 1.82) is 0 Å². The van der Waals surface area contributed by atoms with E-state index in [1.54, 1.807) is 0 Å². The summed E-state index contributed by atoms with van der Waals surface area (Å²) in [6.45, 7) is 2.66. The molecule has 0 aromatic carbocycles. The van der Waals surface area contributed by atoms with Gasteiger partial charge in [0, 0.05) is 26.7 Å². The highest BCUT2D eigenvalue weighted by atomic mass is 16.6. The molecule has 0 bridgehead atoms. The Kier molecular flexibility index (Phi) is 3.06. The van der Waals surface area contributed by atoms with Crippen molar-refractivity contribution in [1.82, 2.24) is 0 Å². The summed E-state index contributed by atoms with van der Waals surface area (Å²) in [6, 6.07) is 0. The molecule has 0 atom stereocenters. The Morgan fingerprint density at radius 3 is 1.69 bits per heavy atom. The van der Waals surface area contributed by atoms with Crippen molar-refractivity contribution in [2.45, 2.75) is 33.1 Å². The number of allylic oxidation sites excluding steroid dienone is 2. The lowest BCUT2D eigenvalue weighted by atomic mass is 10.3. The van der Waals surface area contributed by atoms with Crippen molar-refractivity contribution in [3.05, 3.63) is 11.5 Å². The Morgan fingerprint density at radius 2 is 1.38 bits per heavy atom. The third-order valence-electron chi connectivity index (χ3n) is 1.65. The van der Waals surface area contributed by atoms with E-state index in [1.165, 1.54) is 13.8 Å². The van der Waals surface area contributed by atoms with Crippen LogP contribution in [0.15, 0.2) is 11.5 Å². The molecule has 0 heterocycles. The van der Waals surface area contributed by atoms with Crippen molar-refractivity contribution in [3.8, 4) is 0 Å². The number of carbonyl (C=O) groups is 2. The van der Waals surface area contributed by atoms with Crippen molar-refractivity contribution in [3.63, 3.8) is 0 Å². The van der Waals surface area contributed by atoms with Crippen molar-refractivity contribution in [2.24, 2.45) is 0 Å². The SMILES string of the molecule is CC(=O)OC1=C(OC(C)=O)CCC1. The Hall–Kier alpha value is -1.32. The van der Waals surface area contributed by atoms with Gasteiger partial charge in [0.2, 0.25) is 0 Å². The summed E-state index contributed by atoms with van der Waals surface area (Å²) in [6.07, 6.45) is 2.20. The summed E-state index contributed by atoms with van der Waals surface area (Å²) in [5.41, 5.74) is 0. The average Bonchev–Trinajstić information content (AvgIpc) is 2.34. The van der Waals surface area contributed by atoms with Crippen LogP contribution in [0.5, 0.6) is 0 Å². The van der Waals surface area contributed by atoms with Gasteiger partial charge in [-0.3, -0.25) is 9.59 Å². The molecule has 0 spiro atoms. The number of hydrogen-bond acceptors (Lipinski definition) is 4. The molecule has 0 unspecified atom stereocenters. The molecule has 13 heavy (non-hydrogen) atoms. The second kappa shape index (κ2) is 4.07. The minimum absolute atomic E-state index is 0.374. The molecule has 0 fully saturated rings. The summed E-state index contributed by atoms with van der Waals surface area (Å²) in [5.74, 6) is 0.258. The van der Waals surface area contributed by atoms with E-state index >= 15 is 0 Å². The van der Waals surface area contributed by atoms with E-state index in [4.69, 9.17) is 9.47 Å². The van der Waals surface area contributed by atoms with Crippen LogP contribution >= 0.6 is 0 Å². The first-order valence-corrected chi connectivity index (χ1v) is 4.18. The van der Waals surface area contributed by atoms with Crippen LogP contribution < -0.4 is 0 Å². The zero-order valence-corrected chi connectivity index (χ0v) is 7.75. The van der Waals surface area contributed by atoms with E-state index in [2.05, 4.69) is 0 Å². The number of rotatable bonds is 2. The molecular weight excluding hydrogens is 172 g/mol. The minimum Gasteiger partial charge on any atom is -0.428 e. The Morgan fingerprint density at radius 1 is 1.00 bits per heavy atom. The van der Waals surface area contributed by atoms with Crippen LogP contribution in [0.4, 0.5) is 0 Å². The van der Waals surface area contributed by atoms with Gasteiger partial charge in [-0.1, -0.05) is 0 Å². The van der Waals surface area contributed by atoms with E-state index in [1.807, 2.05) is 0 Å². The first-order valence-electron chi connectivity index (χ1n) is 4.18. The molecule has 0 saturated heterocycles. The van der Waals surface area contributed by atoms with Gasteiger partial charge in [0.05, 0.1) is 0 Å². The van der Waals surface area contributed by atoms with Gasteiger partial charge < -0.3 is 9.47 Å². The fraction of sp³-hybridized carbons (Fsp3) is 0.556. The number of carbonyl (C=O) groups excluding carboxylic acids is 2. The molecule has 0 radical (unpaired) electrons. The molecule has 0 aromatic heterocycles. The van der Waals surface area contributed by atoms with Crippen LogP contribution in [0.3, 0.4) is 0 Å². The smallest absolute Gasteiger partial charge is 0.307 e. The normalized spacial score (nSPS) is 15.8. The van der Waals surface area contributed by atoms with Crippen molar-refractivity contribution < 1.29 is 19.1 Å². The second-order valence-electron chi connectivity index (χ2n) is 2.89. The third kappa shape index (κ3) is 2.89. The van der Waals surface area contributed by atoms with Gasteiger partial charge in [-0.2, -0.15) is 0 Å². The summed E-state index contributed by atoms with van der Waals surface area (Å²) in [4.78, 5) is 21.3. The lowest BCUT2D eigenvalue weighted by Crippen LogP contribution is -2.03. The standard InChI is InChI=1S/C9H12O4/c1-6(10)12-8-4-3-5-9(8)13-7(2)11/h3-5H2,1-2H3. The predicted octanol–water partition coefficient (Wildman–Crippen LogP) is 1.51. The van der Waals surface area contributed by atoms with Crippen molar-refractivity contribution in [2.75, 3.05) is 0 Å². The van der Waals surface area contributed by atoms with E-state index in [9.17, 15) is 9.59 Å². The highest BCUT2D eigenvalue weighted by molar-refractivity contribution is 5.69. The maximum atomic E-state index is 10.6. The molecule has 0 amide bonds. The first kappa shape index (κ1) is 9.77. The van der Waals surface area contributed by atoms with E-state index in [-0.39, 0.29) is 11.9 Å². The van der Waals surface area contributed by atoms with Crippen LogP contribution in [0, 0.1) is 0 Å². The van der Waals surface area contributed by atoms with Gasteiger partial charge >= 0.3 is 11.9 Å². The van der Waals surface area contributed by atoms with Gasteiger partial charge in [-0.15, -0.1) is 0 Å². The summed E-state index contributed by atoms with van der Waals surface area (Å²) >= 11 is 0. The lowest BCUT2D eigenvalue weighted by Gasteiger charge is -2.05. The fourth-order valence-corrected chi connectivity index (χ4v) is 1.25. The van der Waals surface area contributed by atoms with Crippen LogP contribution in [-0.4, -0.2) is 11.9 Å². The first-order chi connectivity index (χ1) is 6.09. The molecular formula is C9H12O4. The molecule has 0 N–H and O–H groups in total. The second-order valence-corrected chi connectivity index (χ2v) is 2.89. The third-order valence-corrected chi connectivity index (χ3v) is 1.65. The molecule has 1 aliphatic carbocycles. The topological polar surface area (TPSA) is 52.6 Å². The Balaban J connectivity index is 2.65. The summed E-state index contributed by atoms with van der Waals surface area (Å²) in [5, 5.41) is 0. The van der Waals surface area contributed by atoms with E-state index in [0.29, 0.717) is 24.4 Å². The quantitative estimate of drug-likeness (QED) is 0.610. The molecule has 0 aliphatic heterocycles. The van der Waals surface area contributed by atoms with Crippen LogP contribution in [0.25, 0.3) is 0 Å². The number of esters is 2. The zero-order valence-electron chi connectivity index (χ0n) is 7.75. The molecule has 1 rings (SSSR count). The van der Waals surface area contributed by atoms with Crippen LogP contribution in [-0.2, 0) is 19.1 Å². The molecule has 0 aromatic rings. The van der Waals surface area contributed by atoms with Gasteiger partial charge in [0.15, 0.2) is 0 Å². The number of ether oxygens (including phenoxy) is 2. The molecule has 0 saturated carbocycles. The molecule has 1 aliphatic rings. The number of hydrogen-bond donors (Lipinski definition) is 0. The predicted molar refractivity (Wildman–Crippen MR) is 44.4 cm³/mol. The largest absolute Gasteiger partial charge is 0.428 e. The van der Waals surface area contributed by atoms with Crippen LogP contribution in [0.1, 0.15) is 33.1 Å². The maximum Gasteiger partial charge on any atom is 0.307 e. The molecule has 4 nitrogen and oxygen atoms in total. The monoisotopic (exact) mass is 184 g/mol. The highest BCUT2D eigenvalue weighted by Gasteiger charge is 2.20. The average molecular weight is 184 g/mol. The lowest BCUT2D eigenvalue weighted by molar-refractivity contribution is -0.140. The summed E-state index contributed by atoms with van der Waals surface area (Å²) < 4.78 is 9.78. The van der Waals surface area contributed by atoms with Gasteiger partial charge in [0.1, 0.15) is 11.5 Å². The fourth-order valence-electron chi connectivity index (χ4n) is 1.25. The van der Waals surface area contributed by atoms with E-state index in [0.717, 1.165) is 6.42 Å². The van der Waals surface area contributed by atoms with Gasteiger partial charge in [-0.25, -0.2) is 0 Å². The van der Waals surface area contributed by atoms with Crippen molar-refractivity contribution >= 4 is 11.9 Å². The zero-order chi connectivity index (χ0) is 9.84.